The fraction of sp³-hybridized carbons (Fsp3) is 0.500. The summed E-state index contributed by atoms with van der Waals surface area (Å²) in [5, 5.41) is 0.963. The highest BCUT2D eigenvalue weighted by molar-refractivity contribution is 7.87. The smallest absolute Gasteiger partial charge is 0.279 e. The number of piperidine rings is 1. The molecule has 3 rings (SSSR count). The van der Waals surface area contributed by atoms with Crippen LogP contribution in [0.15, 0.2) is 12.1 Å². The lowest BCUT2D eigenvalue weighted by atomic mass is 9.97. The predicted molar refractivity (Wildman–Crippen MR) is 92.3 cm³/mol. The van der Waals surface area contributed by atoms with Crippen molar-refractivity contribution in [2.75, 3.05) is 19.6 Å². The molecule has 23 heavy (non-hydrogen) atoms. The van der Waals surface area contributed by atoms with Gasteiger partial charge in [-0.15, -0.1) is 0 Å². The van der Waals surface area contributed by atoms with E-state index in [9.17, 15) is 8.42 Å². The summed E-state index contributed by atoms with van der Waals surface area (Å²) in [4.78, 5) is 7.85. The van der Waals surface area contributed by atoms with Crippen molar-refractivity contribution in [3.63, 3.8) is 0 Å². The molecule has 1 fully saturated rings. The Morgan fingerprint density at radius 2 is 1.96 bits per heavy atom. The zero-order chi connectivity index (χ0) is 16.6. The van der Waals surface area contributed by atoms with Crippen LogP contribution in [0.3, 0.4) is 0 Å². The van der Waals surface area contributed by atoms with E-state index < -0.39 is 10.2 Å². The Bertz CT molecular complexity index is 775. The Hall–Kier alpha value is -0.860. The Labute approximate surface area is 145 Å². The lowest BCUT2D eigenvalue weighted by Crippen LogP contribution is -2.44. The molecular weight excluding hydrogens is 359 g/mol. The standard InChI is InChI=1S/C14H18Cl2N4O2S/c1-2-17-23(21,22)20-5-3-9(4-6-20)14-18-12-7-10(15)11(16)8-13(12)19-14/h7-9,17H,2-6H2,1H3,(H,18,19). The summed E-state index contributed by atoms with van der Waals surface area (Å²) in [5.41, 5.74) is 1.62. The number of aromatic amines is 1. The number of fused-ring (bicyclic) bond motifs is 1. The summed E-state index contributed by atoms with van der Waals surface area (Å²) in [7, 11) is -3.36. The quantitative estimate of drug-likeness (QED) is 0.860. The average Bonchev–Trinajstić information content (AvgIpc) is 2.90. The topological polar surface area (TPSA) is 78.1 Å². The highest BCUT2D eigenvalue weighted by Crippen LogP contribution is 2.31. The van der Waals surface area contributed by atoms with Gasteiger partial charge in [-0.2, -0.15) is 12.7 Å². The molecule has 1 aliphatic rings. The lowest BCUT2D eigenvalue weighted by molar-refractivity contribution is 0.311. The number of rotatable bonds is 4. The molecule has 2 aromatic rings. The molecule has 0 spiro atoms. The first-order valence-corrected chi connectivity index (χ1v) is 9.69. The van der Waals surface area contributed by atoms with Crippen molar-refractivity contribution in [3.8, 4) is 0 Å². The second-order valence-corrected chi connectivity index (χ2v) is 8.15. The van der Waals surface area contributed by atoms with Gasteiger partial charge >= 0.3 is 0 Å². The molecule has 1 aromatic heterocycles. The van der Waals surface area contributed by atoms with Crippen LogP contribution in [0.1, 0.15) is 31.5 Å². The van der Waals surface area contributed by atoms with E-state index in [0.717, 1.165) is 29.7 Å². The summed E-state index contributed by atoms with van der Waals surface area (Å²) in [5.74, 6) is 1.06. The number of nitrogens with zero attached hydrogens (tertiary/aromatic N) is 2. The summed E-state index contributed by atoms with van der Waals surface area (Å²) in [6.45, 7) is 3.14. The average molecular weight is 377 g/mol. The van der Waals surface area contributed by atoms with Gasteiger partial charge in [0.1, 0.15) is 5.82 Å². The van der Waals surface area contributed by atoms with Crippen molar-refractivity contribution >= 4 is 44.4 Å². The molecule has 2 heterocycles. The van der Waals surface area contributed by atoms with Crippen LogP contribution in [-0.2, 0) is 10.2 Å². The summed E-state index contributed by atoms with van der Waals surface area (Å²) in [6.07, 6.45) is 1.46. The zero-order valence-corrected chi connectivity index (χ0v) is 15.0. The largest absolute Gasteiger partial charge is 0.342 e. The van der Waals surface area contributed by atoms with Crippen molar-refractivity contribution in [1.82, 2.24) is 19.0 Å². The zero-order valence-electron chi connectivity index (χ0n) is 12.6. The van der Waals surface area contributed by atoms with Gasteiger partial charge in [0.05, 0.1) is 21.1 Å². The number of hydrogen-bond acceptors (Lipinski definition) is 3. The summed E-state index contributed by atoms with van der Waals surface area (Å²) < 4.78 is 28.0. The Morgan fingerprint density at radius 3 is 2.61 bits per heavy atom. The number of hydrogen-bond donors (Lipinski definition) is 2. The Morgan fingerprint density at radius 1 is 1.30 bits per heavy atom. The molecule has 0 bridgehead atoms. The normalized spacial score (nSPS) is 17.9. The van der Waals surface area contributed by atoms with Crippen LogP contribution >= 0.6 is 23.2 Å². The minimum atomic E-state index is -3.36. The molecule has 1 saturated heterocycles. The van der Waals surface area contributed by atoms with Gasteiger partial charge in [0.15, 0.2) is 0 Å². The van der Waals surface area contributed by atoms with Gasteiger partial charge < -0.3 is 4.98 Å². The minimum absolute atomic E-state index is 0.202. The van der Waals surface area contributed by atoms with Crippen LogP contribution < -0.4 is 4.72 Å². The summed E-state index contributed by atoms with van der Waals surface area (Å²) >= 11 is 12.0. The van der Waals surface area contributed by atoms with Crippen LogP contribution in [0.25, 0.3) is 11.0 Å². The molecule has 1 aliphatic heterocycles. The van der Waals surface area contributed by atoms with Gasteiger partial charge in [-0.1, -0.05) is 30.1 Å². The van der Waals surface area contributed by atoms with E-state index in [1.54, 1.807) is 19.1 Å². The van der Waals surface area contributed by atoms with Gasteiger partial charge in [-0.05, 0) is 25.0 Å². The maximum atomic E-state index is 12.0. The van der Waals surface area contributed by atoms with Crippen molar-refractivity contribution in [2.24, 2.45) is 0 Å². The van der Waals surface area contributed by atoms with Crippen LogP contribution in [-0.4, -0.2) is 42.3 Å². The molecule has 0 radical (unpaired) electrons. The second kappa shape index (κ2) is 6.57. The van der Waals surface area contributed by atoms with Crippen LogP contribution in [0.5, 0.6) is 0 Å². The SMILES string of the molecule is CCNS(=O)(=O)N1CCC(c2nc3cc(Cl)c(Cl)cc3[nH]2)CC1. The number of halogens is 2. The van der Waals surface area contributed by atoms with Gasteiger partial charge in [0.2, 0.25) is 0 Å². The monoisotopic (exact) mass is 376 g/mol. The molecule has 9 heteroatoms. The number of benzene rings is 1. The molecule has 126 valence electrons. The highest BCUT2D eigenvalue weighted by atomic mass is 35.5. The molecule has 1 aromatic carbocycles. The number of imidazole rings is 1. The van der Waals surface area contributed by atoms with E-state index in [1.807, 2.05) is 0 Å². The number of aromatic nitrogens is 2. The predicted octanol–water partition coefficient (Wildman–Crippen LogP) is 2.90. The van der Waals surface area contributed by atoms with E-state index in [1.165, 1.54) is 4.31 Å². The molecule has 0 unspecified atom stereocenters. The summed E-state index contributed by atoms with van der Waals surface area (Å²) in [6, 6.07) is 3.50. The highest BCUT2D eigenvalue weighted by Gasteiger charge is 2.29. The maximum Gasteiger partial charge on any atom is 0.279 e. The number of nitrogens with one attached hydrogen (secondary N) is 2. The first-order chi connectivity index (χ1) is 10.9. The van der Waals surface area contributed by atoms with Crippen LogP contribution in [0, 0.1) is 0 Å². The molecular formula is C14H18Cl2N4O2S. The van der Waals surface area contributed by atoms with Crippen molar-refractivity contribution < 1.29 is 8.42 Å². The van der Waals surface area contributed by atoms with Crippen molar-refractivity contribution in [1.29, 1.82) is 0 Å². The number of H-pyrrole nitrogens is 1. The minimum Gasteiger partial charge on any atom is -0.342 e. The van der Waals surface area contributed by atoms with Crippen LogP contribution in [0.4, 0.5) is 0 Å². The Kier molecular flexibility index (Phi) is 4.85. The molecule has 0 aliphatic carbocycles. The second-order valence-electron chi connectivity index (χ2n) is 5.58. The molecule has 2 N–H and O–H groups in total. The van der Waals surface area contributed by atoms with Crippen LogP contribution in [0.2, 0.25) is 10.0 Å². The third-order valence-corrected chi connectivity index (χ3v) is 6.47. The first-order valence-electron chi connectivity index (χ1n) is 7.50. The molecule has 0 amide bonds. The molecule has 0 atom stereocenters. The maximum absolute atomic E-state index is 12.0. The van der Waals surface area contributed by atoms with Gasteiger partial charge in [-0.25, -0.2) is 9.71 Å². The third kappa shape index (κ3) is 3.49. The van der Waals surface area contributed by atoms with E-state index in [4.69, 9.17) is 23.2 Å². The van der Waals surface area contributed by atoms with Gasteiger partial charge in [0, 0.05) is 25.6 Å². The fourth-order valence-corrected chi connectivity index (χ4v) is 4.42. The van der Waals surface area contributed by atoms with E-state index in [-0.39, 0.29) is 5.92 Å². The van der Waals surface area contributed by atoms with Gasteiger partial charge in [0.25, 0.3) is 10.2 Å². The van der Waals surface area contributed by atoms with E-state index in [2.05, 4.69) is 14.7 Å². The van der Waals surface area contributed by atoms with Crippen molar-refractivity contribution in [3.05, 3.63) is 28.0 Å². The first kappa shape index (κ1) is 17.0. The molecule has 0 saturated carbocycles. The van der Waals surface area contributed by atoms with E-state index in [0.29, 0.717) is 29.7 Å². The van der Waals surface area contributed by atoms with Crippen molar-refractivity contribution in [2.45, 2.75) is 25.7 Å². The van der Waals surface area contributed by atoms with Gasteiger partial charge in [-0.3, -0.25) is 0 Å². The fourth-order valence-electron chi connectivity index (χ4n) is 2.86. The third-order valence-electron chi connectivity index (χ3n) is 4.05. The van der Waals surface area contributed by atoms with E-state index >= 15 is 0 Å². The molecule has 6 nitrogen and oxygen atoms in total. The lowest BCUT2D eigenvalue weighted by Gasteiger charge is -2.30. The Balaban J connectivity index is 1.75.